The molecular weight excluding hydrogens is 375 g/mol. The van der Waals surface area contributed by atoms with Gasteiger partial charge in [-0.3, -0.25) is 9.29 Å². The number of benzene rings is 2. The Bertz CT molecular complexity index is 1120. The van der Waals surface area contributed by atoms with Crippen LogP contribution in [-0.2, 0) is 17.1 Å². The SMILES string of the molecule is Cc1cc2c(cc1S(=O)(=O)Nc1ccc(Cl)c(Cl)c1)oc(=O)n2C. The molecule has 2 aromatic carbocycles. The lowest BCUT2D eigenvalue weighted by Gasteiger charge is -2.11. The molecule has 0 aliphatic rings. The summed E-state index contributed by atoms with van der Waals surface area (Å²) in [7, 11) is -2.34. The van der Waals surface area contributed by atoms with Crippen LogP contribution in [0.4, 0.5) is 5.69 Å². The fourth-order valence-electron chi connectivity index (χ4n) is 2.32. The van der Waals surface area contributed by atoms with Gasteiger partial charge in [0.15, 0.2) is 5.58 Å². The molecule has 0 bridgehead atoms. The fraction of sp³-hybridized carbons (Fsp3) is 0.133. The minimum Gasteiger partial charge on any atom is -0.408 e. The topological polar surface area (TPSA) is 81.3 Å². The number of hydrogen-bond acceptors (Lipinski definition) is 4. The van der Waals surface area contributed by atoms with Crippen LogP contribution in [0.2, 0.25) is 10.0 Å². The third kappa shape index (κ3) is 2.90. The number of hydrogen-bond donors (Lipinski definition) is 1. The van der Waals surface area contributed by atoms with Gasteiger partial charge in [0.1, 0.15) is 0 Å². The summed E-state index contributed by atoms with van der Waals surface area (Å²) in [5.41, 5.74) is 1.47. The van der Waals surface area contributed by atoms with Crippen molar-refractivity contribution in [3.63, 3.8) is 0 Å². The number of nitrogens with one attached hydrogen (secondary N) is 1. The number of aromatic nitrogens is 1. The number of anilines is 1. The van der Waals surface area contributed by atoms with Crippen molar-refractivity contribution in [3.05, 3.63) is 56.5 Å². The molecule has 0 saturated carbocycles. The van der Waals surface area contributed by atoms with Gasteiger partial charge < -0.3 is 4.42 Å². The van der Waals surface area contributed by atoms with E-state index in [1.165, 1.54) is 28.8 Å². The number of halogens is 2. The van der Waals surface area contributed by atoms with Gasteiger partial charge in [0.05, 0.1) is 26.1 Å². The Kier molecular flexibility index (Phi) is 4.11. The first-order chi connectivity index (χ1) is 11.2. The van der Waals surface area contributed by atoms with E-state index in [1.54, 1.807) is 20.0 Å². The smallest absolute Gasteiger partial charge is 0.408 e. The maximum Gasteiger partial charge on any atom is 0.419 e. The Morgan fingerprint density at radius 1 is 1.12 bits per heavy atom. The zero-order valence-electron chi connectivity index (χ0n) is 12.6. The maximum absolute atomic E-state index is 12.6. The van der Waals surface area contributed by atoms with Crippen molar-refractivity contribution in [3.8, 4) is 0 Å². The molecule has 9 heteroatoms. The lowest BCUT2D eigenvalue weighted by Crippen LogP contribution is -2.14. The average Bonchev–Trinajstić information content (AvgIpc) is 2.77. The predicted octanol–water partition coefficient (Wildman–Crippen LogP) is 3.55. The quantitative estimate of drug-likeness (QED) is 0.745. The third-order valence-corrected chi connectivity index (χ3v) is 5.81. The minimum absolute atomic E-state index is 0.00965. The van der Waals surface area contributed by atoms with Crippen LogP contribution in [-0.4, -0.2) is 13.0 Å². The summed E-state index contributed by atoms with van der Waals surface area (Å²) >= 11 is 11.7. The first-order valence-electron chi connectivity index (χ1n) is 6.77. The molecule has 0 amide bonds. The lowest BCUT2D eigenvalue weighted by molar-refractivity contribution is 0.527. The minimum atomic E-state index is -3.89. The number of nitrogens with zero attached hydrogens (tertiary/aromatic N) is 1. The van der Waals surface area contributed by atoms with Crippen molar-refractivity contribution >= 4 is 50.0 Å². The van der Waals surface area contributed by atoms with Gasteiger partial charge in [-0.25, -0.2) is 13.2 Å². The van der Waals surface area contributed by atoms with Crippen LogP contribution in [0.5, 0.6) is 0 Å². The fourth-order valence-corrected chi connectivity index (χ4v) is 3.91. The first-order valence-corrected chi connectivity index (χ1v) is 9.01. The van der Waals surface area contributed by atoms with Gasteiger partial charge in [0.25, 0.3) is 10.0 Å². The van der Waals surface area contributed by atoms with E-state index in [0.29, 0.717) is 16.1 Å². The second-order valence-corrected chi connectivity index (χ2v) is 7.71. The maximum atomic E-state index is 12.6. The van der Waals surface area contributed by atoms with Crippen LogP contribution in [0.1, 0.15) is 5.56 Å². The van der Waals surface area contributed by atoms with Crippen molar-refractivity contribution in [1.29, 1.82) is 0 Å². The summed E-state index contributed by atoms with van der Waals surface area (Å²) in [6.45, 7) is 1.64. The number of aryl methyl sites for hydroxylation is 2. The van der Waals surface area contributed by atoms with Crippen molar-refractivity contribution in [2.45, 2.75) is 11.8 Å². The highest BCUT2D eigenvalue weighted by Crippen LogP contribution is 2.28. The highest BCUT2D eigenvalue weighted by molar-refractivity contribution is 7.92. The van der Waals surface area contributed by atoms with E-state index in [-0.39, 0.29) is 21.2 Å². The molecule has 0 spiro atoms. The summed E-state index contributed by atoms with van der Waals surface area (Å²) < 4.78 is 34.1. The molecule has 0 saturated heterocycles. The Hall–Kier alpha value is -1.96. The second-order valence-electron chi connectivity index (χ2n) is 5.25. The van der Waals surface area contributed by atoms with E-state index in [1.807, 2.05) is 0 Å². The molecule has 6 nitrogen and oxygen atoms in total. The predicted molar refractivity (Wildman–Crippen MR) is 93.5 cm³/mol. The molecule has 1 N–H and O–H groups in total. The van der Waals surface area contributed by atoms with Crippen LogP contribution in [0.15, 0.2) is 44.4 Å². The number of fused-ring (bicyclic) bond motifs is 1. The summed E-state index contributed by atoms with van der Waals surface area (Å²) in [5, 5.41) is 0.557. The van der Waals surface area contributed by atoms with E-state index in [2.05, 4.69) is 4.72 Å². The van der Waals surface area contributed by atoms with Gasteiger partial charge in [-0.05, 0) is 36.8 Å². The largest absolute Gasteiger partial charge is 0.419 e. The van der Waals surface area contributed by atoms with Gasteiger partial charge >= 0.3 is 5.76 Å². The number of sulfonamides is 1. The normalized spacial score (nSPS) is 11.8. The molecule has 3 rings (SSSR count). The molecule has 24 heavy (non-hydrogen) atoms. The standard InChI is InChI=1S/C15H12Cl2N2O4S/c1-8-5-12-13(23-15(20)19(12)2)7-14(8)24(21,22)18-9-3-4-10(16)11(17)6-9/h3-7,18H,1-2H3. The number of rotatable bonds is 3. The van der Waals surface area contributed by atoms with Gasteiger partial charge in [-0.1, -0.05) is 23.2 Å². The summed E-state index contributed by atoms with van der Waals surface area (Å²) in [4.78, 5) is 11.6. The highest BCUT2D eigenvalue weighted by atomic mass is 35.5. The highest BCUT2D eigenvalue weighted by Gasteiger charge is 2.20. The Morgan fingerprint density at radius 3 is 2.50 bits per heavy atom. The molecule has 0 aliphatic carbocycles. The Balaban J connectivity index is 2.09. The van der Waals surface area contributed by atoms with Gasteiger partial charge in [0, 0.05) is 13.1 Å². The van der Waals surface area contributed by atoms with E-state index < -0.39 is 15.8 Å². The van der Waals surface area contributed by atoms with Crippen LogP contribution >= 0.6 is 23.2 Å². The molecule has 0 radical (unpaired) electrons. The van der Waals surface area contributed by atoms with E-state index in [4.69, 9.17) is 27.6 Å². The second kappa shape index (κ2) is 5.84. The summed E-state index contributed by atoms with van der Waals surface area (Å²) in [5.74, 6) is -0.559. The van der Waals surface area contributed by atoms with E-state index in [0.717, 1.165) is 0 Å². The Labute approximate surface area is 147 Å². The van der Waals surface area contributed by atoms with E-state index >= 15 is 0 Å². The zero-order chi connectivity index (χ0) is 17.6. The van der Waals surface area contributed by atoms with Crippen LogP contribution in [0.25, 0.3) is 11.1 Å². The van der Waals surface area contributed by atoms with Crippen LogP contribution in [0.3, 0.4) is 0 Å². The van der Waals surface area contributed by atoms with Gasteiger partial charge in [-0.2, -0.15) is 0 Å². The van der Waals surface area contributed by atoms with Crippen LogP contribution in [0, 0.1) is 6.92 Å². The molecule has 0 aliphatic heterocycles. The number of oxazole rings is 1. The molecule has 0 atom stereocenters. The summed E-state index contributed by atoms with van der Waals surface area (Å²) in [6, 6.07) is 7.32. The lowest BCUT2D eigenvalue weighted by atomic mass is 10.2. The van der Waals surface area contributed by atoms with Crippen molar-refractivity contribution in [2.24, 2.45) is 7.05 Å². The first kappa shape index (κ1) is 16.9. The molecule has 1 aromatic heterocycles. The molecular formula is C15H12Cl2N2O4S. The molecule has 1 heterocycles. The zero-order valence-corrected chi connectivity index (χ0v) is 15.0. The molecule has 0 unspecified atom stereocenters. The van der Waals surface area contributed by atoms with Gasteiger partial charge in [-0.15, -0.1) is 0 Å². The van der Waals surface area contributed by atoms with Crippen molar-refractivity contribution < 1.29 is 12.8 Å². The average molecular weight is 387 g/mol. The Morgan fingerprint density at radius 2 is 1.83 bits per heavy atom. The summed E-state index contributed by atoms with van der Waals surface area (Å²) in [6.07, 6.45) is 0. The monoisotopic (exact) mass is 386 g/mol. The third-order valence-electron chi connectivity index (χ3n) is 3.55. The molecule has 126 valence electrons. The van der Waals surface area contributed by atoms with Crippen molar-refractivity contribution in [1.82, 2.24) is 4.57 Å². The van der Waals surface area contributed by atoms with Gasteiger partial charge in [0.2, 0.25) is 0 Å². The molecule has 0 fully saturated rings. The van der Waals surface area contributed by atoms with Crippen molar-refractivity contribution in [2.75, 3.05) is 4.72 Å². The molecule has 3 aromatic rings. The van der Waals surface area contributed by atoms with E-state index in [9.17, 15) is 13.2 Å². The van der Waals surface area contributed by atoms with Crippen LogP contribution < -0.4 is 10.5 Å².